The summed E-state index contributed by atoms with van der Waals surface area (Å²) in [5.41, 5.74) is 2.99. The molecule has 2 atom stereocenters. The molecule has 1 saturated carbocycles. The van der Waals surface area contributed by atoms with E-state index in [9.17, 15) is 14.4 Å². The predicted octanol–water partition coefficient (Wildman–Crippen LogP) is 3.46. The molecule has 1 aliphatic heterocycles. The number of nitrogens with one attached hydrogen (secondary N) is 2. The van der Waals surface area contributed by atoms with Crippen LogP contribution in [-0.4, -0.2) is 51.3 Å². The summed E-state index contributed by atoms with van der Waals surface area (Å²) in [5, 5.41) is 3.80. The molecule has 0 bridgehead atoms. The van der Waals surface area contributed by atoms with Crippen LogP contribution in [0, 0.1) is 5.92 Å². The Labute approximate surface area is 192 Å². The first-order valence-electron chi connectivity index (χ1n) is 11.5. The number of nitrogens with zero attached hydrogens (tertiary/aromatic N) is 2. The van der Waals surface area contributed by atoms with Gasteiger partial charge in [-0.2, -0.15) is 0 Å². The van der Waals surface area contributed by atoms with E-state index in [2.05, 4.69) is 17.2 Å². The topological polar surface area (TPSA) is 85.5 Å². The molecular formula is C26H28N4O3. The van der Waals surface area contributed by atoms with Crippen molar-refractivity contribution in [2.75, 3.05) is 6.54 Å². The van der Waals surface area contributed by atoms with Crippen LogP contribution in [0.25, 0.3) is 10.9 Å². The second kappa shape index (κ2) is 8.73. The smallest absolute Gasteiger partial charge is 0.325 e. The van der Waals surface area contributed by atoms with E-state index in [0.29, 0.717) is 18.9 Å². The number of aromatic amines is 1. The molecule has 3 aromatic rings. The third-order valence-electron chi connectivity index (χ3n) is 6.81. The normalized spacial score (nSPS) is 19.1. The molecule has 0 spiro atoms. The lowest BCUT2D eigenvalue weighted by molar-refractivity contribution is -0.139. The molecular weight excluding hydrogens is 416 g/mol. The summed E-state index contributed by atoms with van der Waals surface area (Å²) in [7, 11) is 0. The first-order chi connectivity index (χ1) is 16.0. The van der Waals surface area contributed by atoms with Gasteiger partial charge in [-0.05, 0) is 42.9 Å². The third-order valence-corrected chi connectivity index (χ3v) is 6.81. The summed E-state index contributed by atoms with van der Waals surface area (Å²) >= 11 is 0. The molecule has 0 radical (unpaired) electrons. The first kappa shape index (κ1) is 21.2. The monoisotopic (exact) mass is 444 g/mol. The van der Waals surface area contributed by atoms with Gasteiger partial charge in [0.25, 0.3) is 5.91 Å². The Morgan fingerprint density at radius 3 is 2.58 bits per heavy atom. The highest BCUT2D eigenvalue weighted by Crippen LogP contribution is 2.36. The van der Waals surface area contributed by atoms with Gasteiger partial charge < -0.3 is 15.2 Å². The number of benzene rings is 2. The lowest BCUT2D eigenvalue weighted by atomic mass is 10.1. The van der Waals surface area contributed by atoms with Crippen molar-refractivity contribution < 1.29 is 14.4 Å². The van der Waals surface area contributed by atoms with Crippen molar-refractivity contribution >= 4 is 28.7 Å². The van der Waals surface area contributed by atoms with Crippen molar-refractivity contribution in [3.8, 4) is 0 Å². The molecule has 2 aliphatic rings. The summed E-state index contributed by atoms with van der Waals surface area (Å²) < 4.78 is 0. The second-order valence-corrected chi connectivity index (χ2v) is 9.08. The Morgan fingerprint density at radius 1 is 1.09 bits per heavy atom. The number of carbonyl (C=O) groups excluding carboxylic acids is 3. The van der Waals surface area contributed by atoms with Gasteiger partial charge in [0.2, 0.25) is 5.91 Å². The number of fused-ring (bicyclic) bond motifs is 1. The molecule has 5 rings (SSSR count). The van der Waals surface area contributed by atoms with Gasteiger partial charge in [0.1, 0.15) is 12.6 Å². The quantitative estimate of drug-likeness (QED) is 0.522. The zero-order valence-electron chi connectivity index (χ0n) is 18.7. The first-order valence-corrected chi connectivity index (χ1v) is 11.5. The summed E-state index contributed by atoms with van der Waals surface area (Å²) in [4.78, 5) is 45.1. The summed E-state index contributed by atoms with van der Waals surface area (Å²) in [6, 6.07) is 16.6. The van der Waals surface area contributed by atoms with Gasteiger partial charge in [0.05, 0.1) is 0 Å². The molecule has 7 heteroatoms. The number of imide groups is 1. The van der Waals surface area contributed by atoms with Crippen molar-refractivity contribution in [3.63, 3.8) is 0 Å². The molecule has 170 valence electrons. The number of aromatic nitrogens is 1. The van der Waals surface area contributed by atoms with Crippen molar-refractivity contribution in [1.29, 1.82) is 0 Å². The number of carbonyl (C=O) groups is 3. The maximum Gasteiger partial charge on any atom is 0.325 e. The van der Waals surface area contributed by atoms with E-state index in [1.54, 1.807) is 0 Å². The van der Waals surface area contributed by atoms with Crippen LogP contribution in [0.15, 0.2) is 60.8 Å². The zero-order chi connectivity index (χ0) is 22.9. The van der Waals surface area contributed by atoms with Crippen LogP contribution in [-0.2, 0) is 22.6 Å². The van der Waals surface area contributed by atoms with Crippen LogP contribution in [0.5, 0.6) is 0 Å². The van der Waals surface area contributed by atoms with Crippen molar-refractivity contribution in [3.05, 3.63) is 71.9 Å². The van der Waals surface area contributed by atoms with Gasteiger partial charge in [-0.25, -0.2) is 4.79 Å². The standard InChI is InChI=1S/C26H28N4O3/c1-17(19-11-12-19)29(15-18-7-3-2-4-8-18)24(31)16-30-25(32)23(28-26(30)33)13-20-14-27-22-10-6-5-9-21(20)22/h2-10,14,17,19,23,27H,11-13,15-16H2,1H3,(H,28,33)/t17-,23-/m1/s1. The largest absolute Gasteiger partial charge is 0.361 e. The van der Waals surface area contributed by atoms with E-state index in [-0.39, 0.29) is 24.4 Å². The Morgan fingerprint density at radius 2 is 1.82 bits per heavy atom. The Balaban J connectivity index is 1.29. The number of hydrogen-bond acceptors (Lipinski definition) is 3. The van der Waals surface area contributed by atoms with E-state index >= 15 is 0 Å². The van der Waals surface area contributed by atoms with E-state index < -0.39 is 12.1 Å². The Bertz CT molecular complexity index is 1180. The molecule has 1 saturated heterocycles. The summed E-state index contributed by atoms with van der Waals surface area (Å²) in [5.74, 6) is -0.0674. The molecule has 2 N–H and O–H groups in total. The van der Waals surface area contributed by atoms with E-state index in [1.807, 2.05) is 65.7 Å². The zero-order valence-corrected chi connectivity index (χ0v) is 18.7. The van der Waals surface area contributed by atoms with Gasteiger partial charge in [0.15, 0.2) is 0 Å². The fraction of sp³-hybridized carbons (Fsp3) is 0.346. The van der Waals surface area contributed by atoms with Crippen LogP contribution < -0.4 is 5.32 Å². The molecule has 2 heterocycles. The minimum Gasteiger partial charge on any atom is -0.361 e. The van der Waals surface area contributed by atoms with E-state index in [0.717, 1.165) is 39.8 Å². The van der Waals surface area contributed by atoms with Crippen LogP contribution in [0.2, 0.25) is 0 Å². The third kappa shape index (κ3) is 4.35. The highest BCUT2D eigenvalue weighted by atomic mass is 16.2. The average Bonchev–Trinajstić information content (AvgIpc) is 3.56. The minimum absolute atomic E-state index is 0.0699. The highest BCUT2D eigenvalue weighted by molar-refractivity contribution is 6.06. The number of rotatable bonds is 8. The maximum atomic E-state index is 13.3. The van der Waals surface area contributed by atoms with Gasteiger partial charge >= 0.3 is 6.03 Å². The fourth-order valence-corrected chi connectivity index (χ4v) is 4.68. The maximum absolute atomic E-state index is 13.3. The van der Waals surface area contributed by atoms with Gasteiger partial charge in [-0.1, -0.05) is 48.5 Å². The molecule has 2 fully saturated rings. The number of amides is 4. The number of para-hydroxylation sites is 1. The molecule has 1 aliphatic carbocycles. The Kier molecular flexibility index (Phi) is 5.62. The molecule has 0 unspecified atom stereocenters. The van der Waals surface area contributed by atoms with Crippen LogP contribution in [0.4, 0.5) is 4.79 Å². The molecule has 1 aromatic heterocycles. The molecule has 4 amide bonds. The second-order valence-electron chi connectivity index (χ2n) is 9.08. The van der Waals surface area contributed by atoms with Gasteiger partial charge in [-0.3, -0.25) is 14.5 Å². The van der Waals surface area contributed by atoms with E-state index in [1.165, 1.54) is 0 Å². The minimum atomic E-state index is -0.673. The number of H-pyrrole nitrogens is 1. The van der Waals surface area contributed by atoms with Gasteiger partial charge in [-0.15, -0.1) is 0 Å². The lowest BCUT2D eigenvalue weighted by Gasteiger charge is -2.30. The van der Waals surface area contributed by atoms with Crippen LogP contribution in [0.3, 0.4) is 0 Å². The van der Waals surface area contributed by atoms with Crippen LogP contribution >= 0.6 is 0 Å². The van der Waals surface area contributed by atoms with Crippen molar-refractivity contribution in [1.82, 2.24) is 20.1 Å². The Hall–Kier alpha value is -3.61. The number of hydrogen-bond donors (Lipinski definition) is 2. The summed E-state index contributed by atoms with van der Waals surface area (Å²) in [6.45, 7) is 2.29. The van der Waals surface area contributed by atoms with Crippen LogP contribution in [0.1, 0.15) is 30.9 Å². The fourth-order valence-electron chi connectivity index (χ4n) is 4.68. The lowest BCUT2D eigenvalue weighted by Crippen LogP contribution is -2.47. The molecule has 7 nitrogen and oxygen atoms in total. The highest BCUT2D eigenvalue weighted by Gasteiger charge is 2.41. The van der Waals surface area contributed by atoms with Crippen molar-refractivity contribution in [2.45, 2.75) is 44.8 Å². The summed E-state index contributed by atoms with van der Waals surface area (Å²) in [6.07, 6.45) is 4.47. The van der Waals surface area contributed by atoms with Crippen molar-refractivity contribution in [2.24, 2.45) is 5.92 Å². The number of urea groups is 1. The SMILES string of the molecule is C[C@H](C1CC1)N(Cc1ccccc1)C(=O)CN1C(=O)N[C@H](Cc2c[nH]c3ccccc23)C1=O. The van der Waals surface area contributed by atoms with E-state index in [4.69, 9.17) is 0 Å². The predicted molar refractivity (Wildman–Crippen MR) is 125 cm³/mol. The van der Waals surface area contributed by atoms with Gasteiger partial charge in [0, 0.05) is 36.1 Å². The molecule has 2 aromatic carbocycles. The average molecular weight is 445 g/mol. The molecule has 33 heavy (non-hydrogen) atoms.